The second-order valence-corrected chi connectivity index (χ2v) is 3.53. The number of rotatable bonds is 3. The monoisotopic (exact) mass is 212 g/mol. The van der Waals surface area contributed by atoms with E-state index in [1.165, 1.54) is 5.54 Å². The zero-order valence-corrected chi connectivity index (χ0v) is 9.30. The molecule has 4 heteroatoms. The first kappa shape index (κ1) is 11.0. The molecule has 0 unspecified atom stereocenters. The second-order valence-electron chi connectivity index (χ2n) is 3.32. The van der Waals surface area contributed by atoms with Gasteiger partial charge in [-0.2, -0.15) is 5.10 Å². The van der Waals surface area contributed by atoms with Crippen molar-refractivity contribution in [3.8, 4) is 0 Å². The minimum Gasteiger partial charge on any atom is -0.298 e. The molecule has 0 aliphatic carbocycles. The predicted molar refractivity (Wildman–Crippen MR) is 56.7 cm³/mol. The normalized spacial score (nSPS) is 11.9. The number of nitrogens with zero attached hydrogens (tertiary/aromatic N) is 2. The van der Waals surface area contributed by atoms with Gasteiger partial charge in [-0.25, -0.2) is 0 Å². The van der Waals surface area contributed by atoms with E-state index in [2.05, 4.69) is 5.10 Å². The summed E-state index contributed by atoms with van der Waals surface area (Å²) in [5.41, 5.74) is 4.86. The summed E-state index contributed by atoms with van der Waals surface area (Å²) in [7, 11) is 0. The average Bonchev–Trinajstić information content (AvgIpc) is 2.42. The zero-order chi connectivity index (χ0) is 10.7. The van der Waals surface area contributed by atoms with Gasteiger partial charge in [0, 0.05) is 11.2 Å². The molecule has 0 radical (unpaired) electrons. The Balaban J connectivity index is 3.05. The molecule has 3 nitrogen and oxygen atoms in total. The Morgan fingerprint density at radius 3 is 2.64 bits per heavy atom. The van der Waals surface area contributed by atoms with Gasteiger partial charge in [-0.3, -0.25) is 9.48 Å². The van der Waals surface area contributed by atoms with Crippen LogP contribution in [0.4, 0.5) is 0 Å². The number of aryl methyl sites for hydroxylation is 1. The number of halogens is 1. The minimum absolute atomic E-state index is 0.629. The first-order valence-corrected chi connectivity index (χ1v) is 4.78. The Morgan fingerprint density at radius 1 is 1.57 bits per heavy atom. The molecule has 0 spiro atoms. The largest absolute Gasteiger partial charge is 0.298 e. The van der Waals surface area contributed by atoms with Crippen molar-refractivity contribution in [2.75, 3.05) is 0 Å². The van der Waals surface area contributed by atoms with Crippen molar-refractivity contribution in [1.29, 1.82) is 0 Å². The maximum Gasteiger partial charge on any atom is 0.153 e. The van der Waals surface area contributed by atoms with Crippen molar-refractivity contribution in [2.45, 2.75) is 27.3 Å². The topological polar surface area (TPSA) is 34.9 Å². The summed E-state index contributed by atoms with van der Waals surface area (Å²) in [5, 5.41) is 4.25. The van der Waals surface area contributed by atoms with Crippen LogP contribution in [0.15, 0.2) is 11.1 Å². The maximum absolute atomic E-state index is 10.7. The SMILES string of the molecule is C/C(=C\Cl)Cn1nc(C)c(C=O)c1C. The van der Waals surface area contributed by atoms with Crippen LogP contribution >= 0.6 is 11.6 Å². The van der Waals surface area contributed by atoms with E-state index < -0.39 is 0 Å². The van der Waals surface area contributed by atoms with Gasteiger partial charge in [-0.05, 0) is 26.3 Å². The first-order chi connectivity index (χ1) is 6.60. The molecular weight excluding hydrogens is 200 g/mol. The molecular formula is C10H13ClN2O. The fourth-order valence-corrected chi connectivity index (χ4v) is 1.38. The number of carbonyl (C=O) groups excluding carboxylic acids is 1. The van der Waals surface area contributed by atoms with E-state index in [-0.39, 0.29) is 0 Å². The number of hydrogen-bond donors (Lipinski definition) is 0. The van der Waals surface area contributed by atoms with Crippen molar-refractivity contribution in [3.05, 3.63) is 28.1 Å². The third kappa shape index (κ3) is 2.04. The molecule has 0 bridgehead atoms. The Kier molecular flexibility index (Phi) is 3.47. The highest BCUT2D eigenvalue weighted by Crippen LogP contribution is 2.12. The van der Waals surface area contributed by atoms with E-state index >= 15 is 0 Å². The number of aromatic nitrogens is 2. The van der Waals surface area contributed by atoms with Crippen LogP contribution in [0.2, 0.25) is 0 Å². The molecule has 1 aromatic rings. The molecule has 0 fully saturated rings. The lowest BCUT2D eigenvalue weighted by Gasteiger charge is -2.03. The molecule has 0 saturated heterocycles. The van der Waals surface area contributed by atoms with Crippen molar-refractivity contribution in [3.63, 3.8) is 0 Å². The van der Waals surface area contributed by atoms with Crippen LogP contribution in [0, 0.1) is 13.8 Å². The van der Waals surface area contributed by atoms with Gasteiger partial charge in [0.2, 0.25) is 0 Å². The van der Waals surface area contributed by atoms with Gasteiger partial charge in [0.15, 0.2) is 6.29 Å². The van der Waals surface area contributed by atoms with Gasteiger partial charge < -0.3 is 0 Å². The number of hydrogen-bond acceptors (Lipinski definition) is 2. The fraction of sp³-hybridized carbons (Fsp3) is 0.400. The highest BCUT2D eigenvalue weighted by Gasteiger charge is 2.09. The van der Waals surface area contributed by atoms with Crippen LogP contribution in [0.1, 0.15) is 28.7 Å². The molecule has 0 atom stereocenters. The van der Waals surface area contributed by atoms with Gasteiger partial charge in [0.1, 0.15) is 0 Å². The molecule has 1 rings (SSSR count). The fourth-order valence-electron chi connectivity index (χ4n) is 1.31. The average molecular weight is 213 g/mol. The van der Waals surface area contributed by atoms with Gasteiger partial charge >= 0.3 is 0 Å². The predicted octanol–water partition coefficient (Wildman–Crippen LogP) is 2.46. The molecule has 0 aliphatic heterocycles. The maximum atomic E-state index is 10.7. The Hall–Kier alpha value is -1.09. The molecule has 1 aromatic heterocycles. The van der Waals surface area contributed by atoms with Crippen molar-refractivity contribution < 1.29 is 4.79 Å². The first-order valence-electron chi connectivity index (χ1n) is 4.35. The summed E-state index contributed by atoms with van der Waals surface area (Å²) in [6.07, 6.45) is 0.841. The van der Waals surface area contributed by atoms with Gasteiger partial charge in [0.25, 0.3) is 0 Å². The van der Waals surface area contributed by atoms with Crippen LogP contribution in [0.5, 0.6) is 0 Å². The van der Waals surface area contributed by atoms with E-state index in [0.717, 1.165) is 23.2 Å². The van der Waals surface area contributed by atoms with Crippen LogP contribution in [0.3, 0.4) is 0 Å². The Labute approximate surface area is 88.4 Å². The van der Waals surface area contributed by atoms with Crippen LogP contribution in [0.25, 0.3) is 0 Å². The van der Waals surface area contributed by atoms with Gasteiger partial charge in [0.05, 0.1) is 17.8 Å². The summed E-state index contributed by atoms with van der Waals surface area (Å²) in [6.45, 7) is 6.26. The third-order valence-corrected chi connectivity index (χ3v) is 2.51. The van der Waals surface area contributed by atoms with Gasteiger partial charge in [-0.1, -0.05) is 11.6 Å². The molecule has 76 valence electrons. The lowest BCUT2D eigenvalue weighted by atomic mass is 10.2. The summed E-state index contributed by atoms with van der Waals surface area (Å²) >= 11 is 5.56. The third-order valence-electron chi connectivity index (χ3n) is 2.14. The lowest BCUT2D eigenvalue weighted by molar-refractivity contribution is 0.112. The highest BCUT2D eigenvalue weighted by molar-refractivity contribution is 6.25. The van der Waals surface area contributed by atoms with Crippen molar-refractivity contribution in [1.82, 2.24) is 9.78 Å². The van der Waals surface area contributed by atoms with E-state index in [1.807, 2.05) is 20.8 Å². The summed E-state index contributed by atoms with van der Waals surface area (Å²) in [5.74, 6) is 0. The van der Waals surface area contributed by atoms with Crippen LogP contribution in [-0.4, -0.2) is 16.1 Å². The molecule has 0 saturated carbocycles. The lowest BCUT2D eigenvalue weighted by Crippen LogP contribution is -2.03. The zero-order valence-electron chi connectivity index (χ0n) is 8.54. The Bertz CT molecular complexity index is 380. The number of allylic oxidation sites excluding steroid dienone is 1. The van der Waals surface area contributed by atoms with E-state index in [4.69, 9.17) is 11.6 Å². The van der Waals surface area contributed by atoms with Crippen molar-refractivity contribution in [2.24, 2.45) is 0 Å². The van der Waals surface area contributed by atoms with Crippen LogP contribution in [-0.2, 0) is 6.54 Å². The van der Waals surface area contributed by atoms with E-state index in [0.29, 0.717) is 12.1 Å². The minimum atomic E-state index is 0.629. The quantitative estimate of drug-likeness (QED) is 0.722. The smallest absolute Gasteiger partial charge is 0.153 e. The number of carbonyl (C=O) groups is 1. The summed E-state index contributed by atoms with van der Waals surface area (Å²) in [6, 6.07) is 0. The molecule has 0 amide bonds. The van der Waals surface area contributed by atoms with Gasteiger partial charge in [-0.15, -0.1) is 0 Å². The molecule has 1 heterocycles. The molecule has 0 aromatic carbocycles. The van der Waals surface area contributed by atoms with E-state index in [9.17, 15) is 4.79 Å². The molecule has 0 N–H and O–H groups in total. The van der Waals surface area contributed by atoms with Crippen molar-refractivity contribution >= 4 is 17.9 Å². The molecule has 0 aliphatic rings. The van der Waals surface area contributed by atoms with E-state index in [1.54, 1.807) is 4.68 Å². The standard InChI is InChI=1S/C10H13ClN2O/c1-7(4-11)5-13-9(3)10(6-14)8(2)12-13/h4,6H,5H2,1-3H3/b7-4+. The molecule has 14 heavy (non-hydrogen) atoms. The second kappa shape index (κ2) is 4.42. The highest BCUT2D eigenvalue weighted by atomic mass is 35.5. The van der Waals surface area contributed by atoms with Crippen LogP contribution < -0.4 is 0 Å². The summed E-state index contributed by atoms with van der Waals surface area (Å²) in [4.78, 5) is 10.7. The number of aldehydes is 1. The summed E-state index contributed by atoms with van der Waals surface area (Å²) < 4.78 is 1.78. The Morgan fingerprint density at radius 2 is 2.21 bits per heavy atom.